The van der Waals surface area contributed by atoms with E-state index in [1.807, 2.05) is 6.07 Å². The maximum Gasteiger partial charge on any atom is 0.303 e. The Labute approximate surface area is 252 Å². The van der Waals surface area contributed by atoms with Crippen LogP contribution in [0.3, 0.4) is 0 Å². The molecule has 4 rings (SSSR count). The van der Waals surface area contributed by atoms with Gasteiger partial charge < -0.3 is 23.7 Å². The van der Waals surface area contributed by atoms with E-state index in [0.717, 1.165) is 32.3 Å². The van der Waals surface area contributed by atoms with Crippen LogP contribution in [0.1, 0.15) is 39.5 Å². The van der Waals surface area contributed by atoms with E-state index >= 15 is 0 Å². The number of aromatic nitrogens is 1. The van der Waals surface area contributed by atoms with Crippen LogP contribution < -0.4 is 5.56 Å². The molecule has 0 bridgehead atoms. The topological polar surface area (TPSA) is 160 Å². The largest absolute Gasteiger partial charge is 0.463 e. The number of esters is 4. The average Bonchev–Trinajstić information content (AvgIpc) is 2.98. The summed E-state index contributed by atoms with van der Waals surface area (Å²) >= 11 is 0. The predicted octanol–water partition coefficient (Wildman–Crippen LogP) is 3.31. The fourth-order valence-electron chi connectivity index (χ4n) is 5.07. The highest BCUT2D eigenvalue weighted by molar-refractivity contribution is 5.76. The number of pyridine rings is 1. The summed E-state index contributed by atoms with van der Waals surface area (Å²) in [6.07, 6.45) is -7.31. The number of hydrogen-bond acceptors (Lipinski definition) is 11. The van der Waals surface area contributed by atoms with Crippen molar-refractivity contribution in [1.82, 2.24) is 4.57 Å². The van der Waals surface area contributed by atoms with Crippen LogP contribution in [0.2, 0.25) is 0 Å². The summed E-state index contributed by atoms with van der Waals surface area (Å²) < 4.78 is 29.2. The summed E-state index contributed by atoms with van der Waals surface area (Å²) in [6, 6.07) is 21.2. The van der Waals surface area contributed by atoms with Crippen molar-refractivity contribution < 1.29 is 42.9 Å². The SMILES string of the molecule is CC(=O)OC[C@H]1O[C@@H](n2c(-c3ccccc3)cc(-c3ccccc3)c(C#N)c2=O)[C@@H](OC(C)=O)[C@@H](OC(C)=O)[C@@H]1OC(C)=O. The molecule has 2 heterocycles. The van der Waals surface area contributed by atoms with Gasteiger partial charge in [0.15, 0.2) is 24.5 Å². The number of carbonyl (C=O) groups excluding carboxylic acids is 4. The fourth-order valence-corrected chi connectivity index (χ4v) is 5.07. The van der Waals surface area contributed by atoms with Gasteiger partial charge in [-0.25, -0.2) is 0 Å². The molecule has 5 atom stereocenters. The van der Waals surface area contributed by atoms with Crippen LogP contribution in [0.25, 0.3) is 22.4 Å². The zero-order valence-electron chi connectivity index (χ0n) is 24.4. The minimum absolute atomic E-state index is 0.233. The minimum Gasteiger partial charge on any atom is -0.463 e. The maximum atomic E-state index is 14.3. The van der Waals surface area contributed by atoms with E-state index in [1.165, 1.54) is 0 Å². The van der Waals surface area contributed by atoms with Crippen LogP contribution >= 0.6 is 0 Å². The van der Waals surface area contributed by atoms with Gasteiger partial charge in [-0.05, 0) is 17.2 Å². The summed E-state index contributed by atoms with van der Waals surface area (Å²) in [6.45, 7) is 4.00. The van der Waals surface area contributed by atoms with Crippen molar-refractivity contribution in [1.29, 1.82) is 5.26 Å². The Morgan fingerprint density at radius 3 is 1.82 bits per heavy atom. The van der Waals surface area contributed by atoms with Crippen LogP contribution in [0, 0.1) is 11.3 Å². The van der Waals surface area contributed by atoms with Crippen molar-refractivity contribution in [3.05, 3.63) is 82.6 Å². The van der Waals surface area contributed by atoms with Crippen LogP contribution in [0.15, 0.2) is 71.5 Å². The highest BCUT2D eigenvalue weighted by atomic mass is 16.7. The number of benzene rings is 2. The Balaban J connectivity index is 2.04. The quantitative estimate of drug-likeness (QED) is 0.275. The van der Waals surface area contributed by atoms with Gasteiger partial charge in [-0.2, -0.15) is 5.26 Å². The van der Waals surface area contributed by atoms with E-state index in [-0.39, 0.29) is 11.3 Å². The van der Waals surface area contributed by atoms with Crippen LogP contribution in [-0.4, -0.2) is 59.5 Å². The fraction of sp³-hybridized carbons (Fsp3) is 0.312. The van der Waals surface area contributed by atoms with Gasteiger partial charge in [0.2, 0.25) is 0 Å². The maximum absolute atomic E-state index is 14.3. The second kappa shape index (κ2) is 13.8. The monoisotopic (exact) mass is 602 g/mol. The van der Waals surface area contributed by atoms with Crippen LogP contribution in [-0.2, 0) is 42.9 Å². The Kier molecular flexibility index (Phi) is 9.92. The van der Waals surface area contributed by atoms with Gasteiger partial charge in [-0.1, -0.05) is 60.7 Å². The van der Waals surface area contributed by atoms with Crippen molar-refractivity contribution in [2.75, 3.05) is 6.61 Å². The first kappa shape index (κ1) is 31.7. The lowest BCUT2D eigenvalue weighted by atomic mass is 9.95. The molecule has 1 fully saturated rings. The molecule has 0 unspecified atom stereocenters. The molecule has 2 aromatic carbocycles. The van der Waals surface area contributed by atoms with Crippen LogP contribution in [0.5, 0.6) is 0 Å². The minimum atomic E-state index is -1.55. The molecule has 3 aromatic rings. The molecular formula is C32H30N2O10. The van der Waals surface area contributed by atoms with Crippen molar-refractivity contribution >= 4 is 23.9 Å². The van der Waals surface area contributed by atoms with Gasteiger partial charge in [-0.3, -0.25) is 28.5 Å². The molecule has 0 spiro atoms. The molecule has 12 heteroatoms. The van der Waals surface area contributed by atoms with E-state index in [4.69, 9.17) is 23.7 Å². The third-order valence-corrected chi connectivity index (χ3v) is 6.73. The lowest BCUT2D eigenvalue weighted by Gasteiger charge is -2.45. The normalized spacial score (nSPS) is 20.9. The number of ether oxygens (including phenoxy) is 5. The molecule has 0 amide bonds. The molecule has 44 heavy (non-hydrogen) atoms. The molecule has 1 aromatic heterocycles. The highest BCUT2D eigenvalue weighted by Crippen LogP contribution is 2.38. The average molecular weight is 603 g/mol. The Hall–Kier alpha value is -5.28. The second-order valence-electron chi connectivity index (χ2n) is 9.93. The molecule has 1 aliphatic heterocycles. The van der Waals surface area contributed by atoms with Gasteiger partial charge in [0.05, 0.1) is 5.69 Å². The van der Waals surface area contributed by atoms with Gasteiger partial charge >= 0.3 is 23.9 Å². The standard InChI is InChI=1S/C32H30N2O10/c1-18(35)40-17-27-28(41-19(2)36)29(42-20(3)37)30(43-21(4)38)32(44-27)34-26(23-13-9-6-10-14-23)15-24(25(16-33)31(34)39)22-11-7-5-8-12-22/h5-15,27-30,32H,17H2,1-4H3/t27-,28-,29+,30+,32-/m1/s1. The molecule has 228 valence electrons. The number of rotatable bonds is 8. The number of carbonyl (C=O) groups is 4. The summed E-state index contributed by atoms with van der Waals surface area (Å²) in [5.41, 5.74) is 0.733. The molecule has 1 saturated heterocycles. The third-order valence-electron chi connectivity index (χ3n) is 6.73. The van der Waals surface area contributed by atoms with Gasteiger partial charge in [-0.15, -0.1) is 0 Å². The number of nitrogens with zero attached hydrogens (tertiary/aromatic N) is 2. The second-order valence-corrected chi connectivity index (χ2v) is 9.93. The summed E-state index contributed by atoms with van der Waals surface area (Å²) in [7, 11) is 0. The van der Waals surface area contributed by atoms with Gasteiger partial charge in [0.25, 0.3) is 5.56 Å². The Morgan fingerprint density at radius 1 is 0.773 bits per heavy atom. The van der Waals surface area contributed by atoms with Gasteiger partial charge in [0.1, 0.15) is 24.3 Å². The molecule has 0 saturated carbocycles. The van der Waals surface area contributed by atoms with Crippen LogP contribution in [0.4, 0.5) is 0 Å². The van der Waals surface area contributed by atoms with E-state index in [9.17, 15) is 29.2 Å². The summed E-state index contributed by atoms with van der Waals surface area (Å²) in [5.74, 6) is -3.11. The molecule has 0 aliphatic carbocycles. The number of hydrogen-bond donors (Lipinski definition) is 0. The zero-order chi connectivity index (χ0) is 32.0. The van der Waals surface area contributed by atoms with Crippen molar-refractivity contribution in [2.24, 2.45) is 0 Å². The van der Waals surface area contributed by atoms with E-state index in [0.29, 0.717) is 16.7 Å². The molecule has 12 nitrogen and oxygen atoms in total. The first-order valence-electron chi connectivity index (χ1n) is 13.6. The smallest absolute Gasteiger partial charge is 0.303 e. The van der Waals surface area contributed by atoms with Crippen molar-refractivity contribution in [3.63, 3.8) is 0 Å². The first-order chi connectivity index (χ1) is 21.0. The van der Waals surface area contributed by atoms with Crippen molar-refractivity contribution in [3.8, 4) is 28.5 Å². The molecule has 0 radical (unpaired) electrons. The number of nitriles is 1. The van der Waals surface area contributed by atoms with Gasteiger partial charge in [0, 0.05) is 33.3 Å². The summed E-state index contributed by atoms with van der Waals surface area (Å²) in [5, 5.41) is 10.2. The summed E-state index contributed by atoms with van der Waals surface area (Å²) in [4.78, 5) is 62.9. The Morgan fingerprint density at radius 2 is 1.30 bits per heavy atom. The van der Waals surface area contributed by atoms with E-state index in [1.54, 1.807) is 66.7 Å². The molecule has 0 N–H and O–H groups in total. The third kappa shape index (κ3) is 7.02. The lowest BCUT2D eigenvalue weighted by Crippen LogP contribution is -2.61. The van der Waals surface area contributed by atoms with Crippen molar-refractivity contribution in [2.45, 2.75) is 58.3 Å². The molecule has 1 aliphatic rings. The lowest BCUT2D eigenvalue weighted by molar-refractivity contribution is -0.268. The highest BCUT2D eigenvalue weighted by Gasteiger charge is 2.53. The Bertz CT molecular complexity index is 1650. The molecular weight excluding hydrogens is 572 g/mol. The first-order valence-corrected chi connectivity index (χ1v) is 13.6. The van der Waals surface area contributed by atoms with E-state index < -0.39 is 66.7 Å². The zero-order valence-corrected chi connectivity index (χ0v) is 24.4. The predicted molar refractivity (Wildman–Crippen MR) is 153 cm³/mol. The van der Waals surface area contributed by atoms with E-state index in [2.05, 4.69) is 0 Å².